The van der Waals surface area contributed by atoms with Gasteiger partial charge in [-0.15, -0.1) is 0 Å². The van der Waals surface area contributed by atoms with Crippen LogP contribution in [0.2, 0.25) is 0 Å². The highest BCUT2D eigenvalue weighted by atomic mass is 16.5. The number of carboxylic acids is 1. The average Bonchev–Trinajstić information content (AvgIpc) is 3.16. The van der Waals surface area contributed by atoms with Crippen LogP contribution in [0.5, 0.6) is 5.75 Å². The molecule has 144 valence electrons. The number of methoxy groups -OCH3 is 1. The first-order valence-electron chi connectivity index (χ1n) is 8.66. The van der Waals surface area contributed by atoms with Crippen molar-refractivity contribution in [2.75, 3.05) is 12.4 Å². The smallest absolute Gasteiger partial charge is 0.335 e. The Balaban J connectivity index is 1.53. The van der Waals surface area contributed by atoms with Gasteiger partial charge in [-0.3, -0.25) is 4.79 Å². The zero-order valence-corrected chi connectivity index (χ0v) is 15.2. The predicted octanol–water partition coefficient (Wildman–Crippen LogP) is 3.40. The number of rotatable bonds is 8. The Morgan fingerprint density at radius 3 is 2.79 bits per heavy atom. The summed E-state index contributed by atoms with van der Waals surface area (Å²) >= 11 is 0. The Morgan fingerprint density at radius 1 is 1.18 bits per heavy atom. The number of aromatic carboxylic acids is 1. The lowest BCUT2D eigenvalue weighted by molar-refractivity contribution is -0.116. The van der Waals surface area contributed by atoms with Crippen molar-refractivity contribution >= 4 is 17.6 Å². The van der Waals surface area contributed by atoms with E-state index >= 15 is 0 Å². The zero-order chi connectivity index (χ0) is 19.9. The van der Waals surface area contributed by atoms with Crippen molar-refractivity contribution in [1.82, 2.24) is 10.1 Å². The summed E-state index contributed by atoms with van der Waals surface area (Å²) in [5.41, 5.74) is 1.30. The predicted molar refractivity (Wildman–Crippen MR) is 101 cm³/mol. The van der Waals surface area contributed by atoms with Gasteiger partial charge in [-0.2, -0.15) is 4.98 Å². The Bertz CT molecular complexity index is 983. The highest BCUT2D eigenvalue weighted by molar-refractivity contribution is 5.93. The number of hydrogen-bond acceptors (Lipinski definition) is 6. The van der Waals surface area contributed by atoms with E-state index in [0.29, 0.717) is 36.0 Å². The largest absolute Gasteiger partial charge is 0.496 e. The number of ether oxygens (including phenoxy) is 1. The highest BCUT2D eigenvalue weighted by Gasteiger charge is 2.13. The zero-order valence-electron chi connectivity index (χ0n) is 15.2. The van der Waals surface area contributed by atoms with E-state index in [-0.39, 0.29) is 17.9 Å². The van der Waals surface area contributed by atoms with Crippen LogP contribution in [0.3, 0.4) is 0 Å². The summed E-state index contributed by atoms with van der Waals surface area (Å²) in [6, 6.07) is 13.5. The number of para-hydroxylation sites is 1. The maximum atomic E-state index is 12.1. The number of aryl methyl sites for hydroxylation is 1. The molecule has 0 aliphatic carbocycles. The SMILES string of the molecule is COc1ccccc1-c1noc(CCCC(=O)Nc2cccc(C(=O)O)c2)n1. The lowest BCUT2D eigenvalue weighted by Gasteiger charge is -2.05. The highest BCUT2D eigenvalue weighted by Crippen LogP contribution is 2.27. The van der Waals surface area contributed by atoms with Crippen molar-refractivity contribution in [2.45, 2.75) is 19.3 Å². The van der Waals surface area contributed by atoms with Crippen LogP contribution in [0.25, 0.3) is 11.4 Å². The second-order valence-corrected chi connectivity index (χ2v) is 6.00. The van der Waals surface area contributed by atoms with Crippen molar-refractivity contribution in [3.8, 4) is 17.1 Å². The number of carboxylic acid groups (broad SMARTS) is 1. The van der Waals surface area contributed by atoms with E-state index in [9.17, 15) is 9.59 Å². The minimum atomic E-state index is -1.04. The molecule has 1 heterocycles. The van der Waals surface area contributed by atoms with Crippen LogP contribution >= 0.6 is 0 Å². The van der Waals surface area contributed by atoms with Gasteiger partial charge in [-0.05, 0) is 36.8 Å². The van der Waals surface area contributed by atoms with Gasteiger partial charge in [0.2, 0.25) is 17.6 Å². The molecule has 3 aromatic rings. The summed E-state index contributed by atoms with van der Waals surface area (Å²) in [4.78, 5) is 27.4. The molecule has 0 aliphatic rings. The number of aromatic nitrogens is 2. The monoisotopic (exact) mass is 381 g/mol. The third-order valence-electron chi connectivity index (χ3n) is 4.00. The van der Waals surface area contributed by atoms with Crippen molar-refractivity contribution in [3.05, 3.63) is 60.0 Å². The maximum absolute atomic E-state index is 12.1. The van der Waals surface area contributed by atoms with E-state index in [1.165, 1.54) is 12.1 Å². The van der Waals surface area contributed by atoms with Crippen molar-refractivity contribution in [3.63, 3.8) is 0 Å². The fourth-order valence-corrected chi connectivity index (χ4v) is 2.65. The molecular formula is C20H19N3O5. The summed E-state index contributed by atoms with van der Waals surface area (Å²) in [5.74, 6) is 0.257. The molecule has 0 bridgehead atoms. The number of carbonyl (C=O) groups excluding carboxylic acids is 1. The third-order valence-corrected chi connectivity index (χ3v) is 4.00. The molecule has 0 radical (unpaired) electrons. The molecular weight excluding hydrogens is 362 g/mol. The fraction of sp³-hybridized carbons (Fsp3) is 0.200. The topological polar surface area (TPSA) is 115 Å². The van der Waals surface area contributed by atoms with Crippen LogP contribution < -0.4 is 10.1 Å². The molecule has 2 aromatic carbocycles. The Labute approximate surface area is 161 Å². The Hall–Kier alpha value is -3.68. The van der Waals surface area contributed by atoms with Gasteiger partial charge < -0.3 is 19.7 Å². The normalized spacial score (nSPS) is 10.5. The van der Waals surface area contributed by atoms with E-state index in [1.54, 1.807) is 19.2 Å². The molecule has 0 fully saturated rings. The van der Waals surface area contributed by atoms with Crippen LogP contribution in [0.4, 0.5) is 5.69 Å². The minimum absolute atomic E-state index is 0.118. The van der Waals surface area contributed by atoms with E-state index in [1.807, 2.05) is 24.3 Å². The summed E-state index contributed by atoms with van der Waals surface area (Å²) in [6.45, 7) is 0. The van der Waals surface area contributed by atoms with Crippen LogP contribution in [0, 0.1) is 0 Å². The molecule has 0 spiro atoms. The van der Waals surface area contributed by atoms with Gasteiger partial charge >= 0.3 is 5.97 Å². The number of benzene rings is 2. The van der Waals surface area contributed by atoms with E-state index in [0.717, 1.165) is 5.56 Å². The molecule has 0 saturated carbocycles. The summed E-state index contributed by atoms with van der Waals surface area (Å²) in [7, 11) is 1.57. The lowest BCUT2D eigenvalue weighted by Crippen LogP contribution is -2.12. The molecule has 0 saturated heterocycles. The van der Waals surface area contributed by atoms with Crippen LogP contribution in [0.15, 0.2) is 53.1 Å². The second kappa shape index (κ2) is 8.81. The average molecular weight is 381 g/mol. The van der Waals surface area contributed by atoms with Gasteiger partial charge in [-0.1, -0.05) is 23.4 Å². The molecule has 1 aromatic heterocycles. The number of anilines is 1. The van der Waals surface area contributed by atoms with Crippen LogP contribution in [-0.4, -0.2) is 34.2 Å². The van der Waals surface area contributed by atoms with E-state index in [4.69, 9.17) is 14.4 Å². The molecule has 0 aliphatic heterocycles. The molecule has 8 nitrogen and oxygen atoms in total. The molecule has 28 heavy (non-hydrogen) atoms. The molecule has 8 heteroatoms. The number of hydrogen-bond donors (Lipinski definition) is 2. The first kappa shape index (κ1) is 19.1. The maximum Gasteiger partial charge on any atom is 0.335 e. The quantitative estimate of drug-likeness (QED) is 0.614. The molecule has 2 N–H and O–H groups in total. The summed E-state index contributed by atoms with van der Waals surface area (Å²) in [6.07, 6.45) is 1.20. The van der Waals surface area contributed by atoms with Crippen molar-refractivity contribution in [1.29, 1.82) is 0 Å². The van der Waals surface area contributed by atoms with Crippen LogP contribution in [-0.2, 0) is 11.2 Å². The van der Waals surface area contributed by atoms with Gasteiger partial charge in [0.1, 0.15) is 5.75 Å². The van der Waals surface area contributed by atoms with Gasteiger partial charge in [0.15, 0.2) is 0 Å². The lowest BCUT2D eigenvalue weighted by atomic mass is 10.2. The van der Waals surface area contributed by atoms with Crippen molar-refractivity contribution in [2.24, 2.45) is 0 Å². The number of nitrogens with zero attached hydrogens (tertiary/aromatic N) is 2. The fourth-order valence-electron chi connectivity index (χ4n) is 2.65. The molecule has 1 amide bonds. The van der Waals surface area contributed by atoms with Gasteiger partial charge in [0.25, 0.3) is 0 Å². The first-order valence-corrected chi connectivity index (χ1v) is 8.66. The van der Waals surface area contributed by atoms with Crippen molar-refractivity contribution < 1.29 is 24.0 Å². The standard InChI is InChI=1S/C20H19N3O5/c1-27-16-9-3-2-8-15(16)19-22-18(28-23-19)11-5-10-17(24)21-14-7-4-6-13(12-14)20(25)26/h2-4,6-9,12H,5,10-11H2,1H3,(H,21,24)(H,25,26). The minimum Gasteiger partial charge on any atom is -0.496 e. The Morgan fingerprint density at radius 2 is 2.00 bits per heavy atom. The number of carbonyl (C=O) groups is 2. The van der Waals surface area contributed by atoms with E-state index < -0.39 is 5.97 Å². The van der Waals surface area contributed by atoms with Gasteiger partial charge in [0.05, 0.1) is 18.2 Å². The van der Waals surface area contributed by atoms with Gasteiger partial charge in [-0.25, -0.2) is 4.79 Å². The third kappa shape index (κ3) is 4.73. The summed E-state index contributed by atoms with van der Waals surface area (Å²) in [5, 5.41) is 15.6. The van der Waals surface area contributed by atoms with Crippen LogP contribution in [0.1, 0.15) is 29.1 Å². The molecule has 3 rings (SSSR count). The number of amides is 1. The molecule has 0 atom stereocenters. The summed E-state index contributed by atoms with van der Waals surface area (Å²) < 4.78 is 10.5. The second-order valence-electron chi connectivity index (χ2n) is 6.00. The van der Waals surface area contributed by atoms with E-state index in [2.05, 4.69) is 15.5 Å². The first-order chi connectivity index (χ1) is 13.6. The number of nitrogens with one attached hydrogen (secondary N) is 1. The Kier molecular flexibility index (Phi) is 6.01. The van der Waals surface area contributed by atoms with Gasteiger partial charge in [0, 0.05) is 18.5 Å². The molecule has 0 unspecified atom stereocenters.